The molecule has 2 aromatic rings. The molecule has 5 nitrogen and oxygen atoms in total. The van der Waals surface area contributed by atoms with Gasteiger partial charge in [-0.1, -0.05) is 11.6 Å². The van der Waals surface area contributed by atoms with E-state index >= 15 is 0 Å². The van der Waals surface area contributed by atoms with Crippen LogP contribution < -0.4 is 9.64 Å². The van der Waals surface area contributed by atoms with E-state index in [4.69, 9.17) is 16.3 Å². The van der Waals surface area contributed by atoms with Crippen molar-refractivity contribution in [3.05, 3.63) is 41.7 Å². The molecule has 6 heteroatoms. The van der Waals surface area contributed by atoms with Crippen LogP contribution in [-0.4, -0.2) is 48.0 Å². The van der Waals surface area contributed by atoms with E-state index in [2.05, 4.69) is 27.0 Å². The molecule has 1 fully saturated rings. The molecule has 0 amide bonds. The first-order chi connectivity index (χ1) is 10.2. The minimum Gasteiger partial charge on any atom is -0.497 e. The Morgan fingerprint density at radius 3 is 2.43 bits per heavy atom. The normalized spacial score (nSPS) is 16.2. The van der Waals surface area contributed by atoms with Crippen molar-refractivity contribution in [2.45, 2.75) is 6.67 Å². The molecule has 3 rings (SSSR count). The van der Waals surface area contributed by atoms with Gasteiger partial charge < -0.3 is 9.64 Å². The maximum Gasteiger partial charge on any atom is 0.119 e. The number of benzene rings is 1. The SMILES string of the molecule is COc1ccc(N2CCN(Cn3cc(Cl)cn3)CC2)cc1. The van der Waals surface area contributed by atoms with Crippen LogP contribution in [0.25, 0.3) is 0 Å². The Labute approximate surface area is 129 Å². The van der Waals surface area contributed by atoms with Crippen molar-refractivity contribution < 1.29 is 4.74 Å². The molecule has 1 saturated heterocycles. The summed E-state index contributed by atoms with van der Waals surface area (Å²) < 4.78 is 7.08. The lowest BCUT2D eigenvalue weighted by atomic mass is 10.2. The molecule has 112 valence electrons. The number of hydrogen-bond donors (Lipinski definition) is 0. The summed E-state index contributed by atoms with van der Waals surface area (Å²) in [6.45, 7) is 4.86. The topological polar surface area (TPSA) is 33.5 Å². The van der Waals surface area contributed by atoms with Crippen LogP contribution in [0.5, 0.6) is 5.75 Å². The predicted molar refractivity (Wildman–Crippen MR) is 84.0 cm³/mol. The second-order valence-corrected chi connectivity index (χ2v) is 5.58. The van der Waals surface area contributed by atoms with Crippen molar-refractivity contribution in [1.29, 1.82) is 0 Å². The van der Waals surface area contributed by atoms with Gasteiger partial charge in [-0.3, -0.25) is 9.58 Å². The zero-order chi connectivity index (χ0) is 14.7. The summed E-state index contributed by atoms with van der Waals surface area (Å²) in [6, 6.07) is 8.24. The van der Waals surface area contributed by atoms with Crippen molar-refractivity contribution in [3.63, 3.8) is 0 Å². The minimum atomic E-state index is 0.687. The quantitative estimate of drug-likeness (QED) is 0.868. The average Bonchev–Trinajstić information content (AvgIpc) is 2.93. The van der Waals surface area contributed by atoms with Crippen LogP contribution in [0.1, 0.15) is 0 Å². The fraction of sp³-hybridized carbons (Fsp3) is 0.400. The maximum absolute atomic E-state index is 5.89. The highest BCUT2D eigenvalue weighted by molar-refractivity contribution is 6.30. The predicted octanol–water partition coefficient (Wildman–Crippen LogP) is 2.32. The molecule has 0 spiro atoms. The number of anilines is 1. The summed E-state index contributed by atoms with van der Waals surface area (Å²) in [6.07, 6.45) is 3.53. The van der Waals surface area contributed by atoms with Gasteiger partial charge in [0.15, 0.2) is 0 Å². The lowest BCUT2D eigenvalue weighted by Crippen LogP contribution is -2.46. The van der Waals surface area contributed by atoms with Gasteiger partial charge in [0.1, 0.15) is 5.75 Å². The fourth-order valence-corrected chi connectivity index (χ4v) is 2.72. The van der Waals surface area contributed by atoms with Crippen molar-refractivity contribution >= 4 is 17.3 Å². The van der Waals surface area contributed by atoms with Crippen LogP contribution in [0.3, 0.4) is 0 Å². The molecular weight excluding hydrogens is 288 g/mol. The highest BCUT2D eigenvalue weighted by Crippen LogP contribution is 2.20. The Bertz CT molecular complexity index is 576. The van der Waals surface area contributed by atoms with Gasteiger partial charge in [-0.2, -0.15) is 5.10 Å². The smallest absolute Gasteiger partial charge is 0.119 e. The van der Waals surface area contributed by atoms with Gasteiger partial charge in [0, 0.05) is 38.1 Å². The van der Waals surface area contributed by atoms with Crippen LogP contribution in [0.4, 0.5) is 5.69 Å². The van der Waals surface area contributed by atoms with E-state index in [1.54, 1.807) is 13.3 Å². The first-order valence-corrected chi connectivity index (χ1v) is 7.42. The molecular formula is C15H19ClN4O. The number of methoxy groups -OCH3 is 1. The third-order valence-corrected chi connectivity index (χ3v) is 3.95. The Morgan fingerprint density at radius 2 is 1.86 bits per heavy atom. The summed E-state index contributed by atoms with van der Waals surface area (Å²) in [5.41, 5.74) is 1.25. The Balaban J connectivity index is 1.54. The van der Waals surface area contributed by atoms with Gasteiger partial charge in [-0.05, 0) is 24.3 Å². The number of aromatic nitrogens is 2. The molecule has 1 aliphatic heterocycles. The summed E-state index contributed by atoms with van der Waals surface area (Å²) >= 11 is 5.89. The molecule has 0 bridgehead atoms. The van der Waals surface area contributed by atoms with Crippen molar-refractivity contribution in [2.24, 2.45) is 0 Å². The number of rotatable bonds is 4. The Kier molecular flexibility index (Phi) is 4.31. The third-order valence-electron chi connectivity index (χ3n) is 3.76. The maximum atomic E-state index is 5.89. The van der Waals surface area contributed by atoms with E-state index in [0.717, 1.165) is 38.6 Å². The van der Waals surface area contributed by atoms with Gasteiger partial charge in [0.05, 0.1) is 25.0 Å². The van der Waals surface area contributed by atoms with Crippen LogP contribution in [0.15, 0.2) is 36.7 Å². The number of halogens is 1. The first kappa shape index (κ1) is 14.2. The van der Waals surface area contributed by atoms with E-state index in [0.29, 0.717) is 5.02 Å². The summed E-state index contributed by atoms with van der Waals surface area (Å²) in [7, 11) is 1.69. The molecule has 0 atom stereocenters. The first-order valence-electron chi connectivity index (χ1n) is 7.04. The monoisotopic (exact) mass is 306 g/mol. The number of hydrogen-bond acceptors (Lipinski definition) is 4. The highest BCUT2D eigenvalue weighted by Gasteiger charge is 2.17. The van der Waals surface area contributed by atoms with Crippen LogP contribution >= 0.6 is 11.6 Å². The van der Waals surface area contributed by atoms with Crippen LogP contribution in [0, 0.1) is 0 Å². The molecule has 21 heavy (non-hydrogen) atoms. The Hall–Kier alpha value is -1.72. The van der Waals surface area contributed by atoms with E-state index in [9.17, 15) is 0 Å². The molecule has 0 aliphatic carbocycles. The minimum absolute atomic E-state index is 0.687. The summed E-state index contributed by atoms with van der Waals surface area (Å²) in [4.78, 5) is 4.77. The molecule has 0 saturated carbocycles. The highest BCUT2D eigenvalue weighted by atomic mass is 35.5. The lowest BCUT2D eigenvalue weighted by molar-refractivity contribution is 0.196. The van der Waals surface area contributed by atoms with E-state index in [1.165, 1.54) is 5.69 Å². The fourth-order valence-electron chi connectivity index (χ4n) is 2.56. The second-order valence-electron chi connectivity index (χ2n) is 5.14. The second kappa shape index (κ2) is 6.37. The van der Waals surface area contributed by atoms with Crippen molar-refractivity contribution in [2.75, 3.05) is 38.2 Å². The van der Waals surface area contributed by atoms with Gasteiger partial charge in [0.25, 0.3) is 0 Å². The third kappa shape index (κ3) is 3.49. The van der Waals surface area contributed by atoms with Gasteiger partial charge in [-0.15, -0.1) is 0 Å². The van der Waals surface area contributed by atoms with Gasteiger partial charge >= 0.3 is 0 Å². The molecule has 1 aliphatic rings. The number of nitrogens with zero attached hydrogens (tertiary/aromatic N) is 4. The van der Waals surface area contributed by atoms with E-state index in [1.807, 2.05) is 23.0 Å². The molecule has 2 heterocycles. The van der Waals surface area contributed by atoms with E-state index < -0.39 is 0 Å². The molecule has 1 aromatic carbocycles. The van der Waals surface area contributed by atoms with Crippen molar-refractivity contribution in [3.8, 4) is 5.75 Å². The Morgan fingerprint density at radius 1 is 1.14 bits per heavy atom. The number of piperazine rings is 1. The van der Waals surface area contributed by atoms with Crippen LogP contribution in [0.2, 0.25) is 5.02 Å². The zero-order valence-corrected chi connectivity index (χ0v) is 12.8. The molecule has 1 aromatic heterocycles. The standard InChI is InChI=1S/C15H19ClN4O/c1-21-15-4-2-14(3-5-15)19-8-6-18(7-9-19)12-20-11-13(16)10-17-20/h2-5,10-11H,6-9,12H2,1H3. The zero-order valence-electron chi connectivity index (χ0n) is 12.1. The molecule has 0 N–H and O–H groups in total. The van der Waals surface area contributed by atoms with Crippen molar-refractivity contribution in [1.82, 2.24) is 14.7 Å². The molecule has 0 unspecified atom stereocenters. The number of ether oxygens (including phenoxy) is 1. The van der Waals surface area contributed by atoms with Gasteiger partial charge in [-0.25, -0.2) is 0 Å². The van der Waals surface area contributed by atoms with Gasteiger partial charge in [0.2, 0.25) is 0 Å². The van der Waals surface area contributed by atoms with Crippen LogP contribution in [-0.2, 0) is 6.67 Å². The lowest BCUT2D eigenvalue weighted by Gasteiger charge is -2.36. The largest absolute Gasteiger partial charge is 0.497 e. The summed E-state index contributed by atoms with van der Waals surface area (Å²) in [5, 5.41) is 4.91. The molecule has 0 radical (unpaired) electrons. The average molecular weight is 307 g/mol. The summed E-state index contributed by atoms with van der Waals surface area (Å²) in [5.74, 6) is 0.896. The van der Waals surface area contributed by atoms with E-state index in [-0.39, 0.29) is 0 Å².